The number of pyridine rings is 1. The van der Waals surface area contributed by atoms with Gasteiger partial charge in [0.15, 0.2) is 0 Å². The number of hydrogen-bond donors (Lipinski definition) is 2. The highest BCUT2D eigenvalue weighted by atomic mass is 19.4. The van der Waals surface area contributed by atoms with E-state index in [4.69, 9.17) is 0 Å². The number of rotatable bonds is 5. The molecule has 0 radical (unpaired) electrons. The maximum atomic E-state index is 12.8. The van der Waals surface area contributed by atoms with Gasteiger partial charge >= 0.3 is 6.18 Å². The van der Waals surface area contributed by atoms with Gasteiger partial charge in [-0.05, 0) is 17.5 Å². The Bertz CT molecular complexity index is 785. The number of amides is 1. The molecule has 0 fully saturated rings. The van der Waals surface area contributed by atoms with E-state index in [1.807, 2.05) is 24.9 Å². The predicted molar refractivity (Wildman–Crippen MR) is 89.3 cm³/mol. The number of carbonyl (C=O) groups is 1. The largest absolute Gasteiger partial charge is 0.417 e. The van der Waals surface area contributed by atoms with E-state index in [-0.39, 0.29) is 5.92 Å². The first-order valence-electron chi connectivity index (χ1n) is 7.89. The Morgan fingerprint density at radius 2 is 1.88 bits per heavy atom. The molecule has 7 heteroatoms. The van der Waals surface area contributed by atoms with E-state index in [2.05, 4.69) is 5.32 Å². The molecule has 0 aliphatic rings. The van der Waals surface area contributed by atoms with Crippen molar-refractivity contribution in [1.82, 2.24) is 4.98 Å². The SMILES string of the molecule is CCC(C)C(C(=O)Nc1cc(C(F)(F)F)c[nH]c1=O)c1ccccc1. The Balaban J connectivity index is 2.34. The van der Waals surface area contributed by atoms with E-state index in [0.717, 1.165) is 5.56 Å². The average molecular weight is 352 g/mol. The first kappa shape index (κ1) is 18.8. The van der Waals surface area contributed by atoms with Gasteiger partial charge < -0.3 is 10.3 Å². The molecule has 0 saturated carbocycles. The van der Waals surface area contributed by atoms with Crippen molar-refractivity contribution in [3.8, 4) is 0 Å². The van der Waals surface area contributed by atoms with Crippen molar-refractivity contribution < 1.29 is 18.0 Å². The number of anilines is 1. The normalized spacial score (nSPS) is 14.0. The second-order valence-electron chi connectivity index (χ2n) is 5.89. The van der Waals surface area contributed by atoms with Gasteiger partial charge in [0, 0.05) is 6.20 Å². The third kappa shape index (κ3) is 4.49. The van der Waals surface area contributed by atoms with Crippen LogP contribution in [0, 0.1) is 5.92 Å². The molecule has 2 unspecified atom stereocenters. The molecule has 2 atom stereocenters. The van der Waals surface area contributed by atoms with E-state index in [1.54, 1.807) is 24.3 Å². The van der Waals surface area contributed by atoms with Crippen molar-refractivity contribution in [2.45, 2.75) is 32.4 Å². The first-order chi connectivity index (χ1) is 11.7. The van der Waals surface area contributed by atoms with E-state index >= 15 is 0 Å². The molecule has 0 saturated heterocycles. The van der Waals surface area contributed by atoms with Crippen molar-refractivity contribution in [3.63, 3.8) is 0 Å². The number of aromatic nitrogens is 1. The van der Waals surface area contributed by atoms with E-state index < -0.39 is 34.8 Å². The molecule has 1 heterocycles. The van der Waals surface area contributed by atoms with Crippen molar-refractivity contribution >= 4 is 11.6 Å². The lowest BCUT2D eigenvalue weighted by Gasteiger charge is -2.22. The molecule has 0 bridgehead atoms. The second kappa shape index (κ2) is 7.55. The monoisotopic (exact) mass is 352 g/mol. The van der Waals surface area contributed by atoms with Gasteiger partial charge in [-0.2, -0.15) is 13.2 Å². The smallest absolute Gasteiger partial charge is 0.327 e. The number of carbonyl (C=O) groups excluding carboxylic acids is 1. The standard InChI is InChI=1S/C18H19F3N2O2/c1-3-11(2)15(12-7-5-4-6-8-12)17(25)23-14-9-13(18(19,20)21)10-22-16(14)24/h4-11,15H,3H2,1-2H3,(H,22,24)(H,23,25). The minimum absolute atomic E-state index is 0.0488. The van der Waals surface area contributed by atoms with Crippen LogP contribution in [0.1, 0.15) is 37.3 Å². The van der Waals surface area contributed by atoms with Crippen LogP contribution < -0.4 is 10.9 Å². The lowest BCUT2D eigenvalue weighted by molar-refractivity contribution is -0.137. The van der Waals surface area contributed by atoms with Gasteiger partial charge in [0.25, 0.3) is 5.56 Å². The lowest BCUT2D eigenvalue weighted by Crippen LogP contribution is -2.29. The molecular formula is C18H19F3N2O2. The minimum atomic E-state index is -4.61. The number of nitrogens with one attached hydrogen (secondary N) is 2. The van der Waals surface area contributed by atoms with Crippen molar-refractivity contribution in [1.29, 1.82) is 0 Å². The van der Waals surface area contributed by atoms with Gasteiger partial charge in [-0.25, -0.2) is 0 Å². The molecule has 0 spiro atoms. The number of aromatic amines is 1. The summed E-state index contributed by atoms with van der Waals surface area (Å²) in [6.07, 6.45) is -3.33. The molecule has 2 rings (SSSR count). The van der Waals surface area contributed by atoms with Gasteiger partial charge in [0.05, 0.1) is 11.5 Å². The Labute approximate surface area is 143 Å². The van der Waals surface area contributed by atoms with E-state index in [9.17, 15) is 22.8 Å². The zero-order chi connectivity index (χ0) is 18.6. The highest BCUT2D eigenvalue weighted by Crippen LogP contribution is 2.31. The zero-order valence-electron chi connectivity index (χ0n) is 13.9. The summed E-state index contributed by atoms with van der Waals surface area (Å²) in [6, 6.07) is 9.60. The highest BCUT2D eigenvalue weighted by molar-refractivity contribution is 5.96. The maximum absolute atomic E-state index is 12.8. The first-order valence-corrected chi connectivity index (χ1v) is 7.89. The minimum Gasteiger partial charge on any atom is -0.327 e. The third-order valence-electron chi connectivity index (χ3n) is 4.14. The summed E-state index contributed by atoms with van der Waals surface area (Å²) < 4.78 is 38.4. The van der Waals surface area contributed by atoms with Crippen molar-refractivity contribution in [2.75, 3.05) is 5.32 Å². The summed E-state index contributed by atoms with van der Waals surface area (Å²) >= 11 is 0. The molecule has 134 valence electrons. The summed E-state index contributed by atoms with van der Waals surface area (Å²) in [7, 11) is 0. The summed E-state index contributed by atoms with van der Waals surface area (Å²) in [5.74, 6) is -1.13. The average Bonchev–Trinajstić information content (AvgIpc) is 2.56. The maximum Gasteiger partial charge on any atom is 0.417 e. The second-order valence-corrected chi connectivity index (χ2v) is 5.89. The molecule has 2 N–H and O–H groups in total. The summed E-state index contributed by atoms with van der Waals surface area (Å²) in [6.45, 7) is 3.80. The number of halogens is 3. The summed E-state index contributed by atoms with van der Waals surface area (Å²) in [4.78, 5) is 26.5. The molecular weight excluding hydrogens is 333 g/mol. The van der Waals surface area contributed by atoms with Gasteiger partial charge in [0.2, 0.25) is 5.91 Å². The van der Waals surface area contributed by atoms with Gasteiger partial charge in [0.1, 0.15) is 5.69 Å². The molecule has 4 nitrogen and oxygen atoms in total. The van der Waals surface area contributed by atoms with Crippen LogP contribution in [0.3, 0.4) is 0 Å². The number of H-pyrrole nitrogens is 1. The van der Waals surface area contributed by atoms with Crippen LogP contribution in [0.5, 0.6) is 0 Å². The van der Waals surface area contributed by atoms with Crippen molar-refractivity contribution in [3.05, 3.63) is 64.1 Å². The van der Waals surface area contributed by atoms with Crippen LogP contribution in [-0.4, -0.2) is 10.9 Å². The topological polar surface area (TPSA) is 62.0 Å². The Morgan fingerprint density at radius 1 is 1.24 bits per heavy atom. The van der Waals surface area contributed by atoms with Crippen LogP contribution in [-0.2, 0) is 11.0 Å². The van der Waals surface area contributed by atoms with Crippen LogP contribution in [0.4, 0.5) is 18.9 Å². The number of alkyl halides is 3. The summed E-state index contributed by atoms with van der Waals surface area (Å²) in [5, 5.41) is 2.35. The third-order valence-corrected chi connectivity index (χ3v) is 4.14. The van der Waals surface area contributed by atoms with Crippen LogP contribution in [0.15, 0.2) is 47.4 Å². The number of benzene rings is 1. The van der Waals surface area contributed by atoms with Crippen LogP contribution >= 0.6 is 0 Å². The number of hydrogen-bond acceptors (Lipinski definition) is 2. The fraction of sp³-hybridized carbons (Fsp3) is 0.333. The molecule has 1 amide bonds. The molecule has 0 aliphatic carbocycles. The predicted octanol–water partition coefficient (Wildman–Crippen LogP) is 4.16. The van der Waals surface area contributed by atoms with Gasteiger partial charge in [-0.15, -0.1) is 0 Å². The van der Waals surface area contributed by atoms with E-state index in [1.165, 1.54) is 0 Å². The quantitative estimate of drug-likeness (QED) is 0.849. The summed E-state index contributed by atoms with van der Waals surface area (Å²) in [5.41, 5.74) is -1.47. The van der Waals surface area contributed by atoms with Crippen LogP contribution in [0.2, 0.25) is 0 Å². The molecule has 25 heavy (non-hydrogen) atoms. The Hall–Kier alpha value is -2.57. The molecule has 0 aliphatic heterocycles. The zero-order valence-corrected chi connectivity index (χ0v) is 13.9. The fourth-order valence-electron chi connectivity index (χ4n) is 2.59. The fourth-order valence-corrected chi connectivity index (χ4v) is 2.59. The Kier molecular flexibility index (Phi) is 5.66. The molecule has 1 aromatic heterocycles. The van der Waals surface area contributed by atoms with E-state index in [0.29, 0.717) is 18.7 Å². The van der Waals surface area contributed by atoms with Gasteiger partial charge in [-0.1, -0.05) is 50.6 Å². The molecule has 2 aromatic rings. The van der Waals surface area contributed by atoms with Crippen LogP contribution in [0.25, 0.3) is 0 Å². The highest BCUT2D eigenvalue weighted by Gasteiger charge is 2.32. The van der Waals surface area contributed by atoms with Crippen molar-refractivity contribution in [2.24, 2.45) is 5.92 Å². The Morgan fingerprint density at radius 3 is 2.44 bits per heavy atom. The van der Waals surface area contributed by atoms with Gasteiger partial charge in [-0.3, -0.25) is 9.59 Å². The lowest BCUT2D eigenvalue weighted by atomic mass is 9.85. The molecule has 1 aromatic carbocycles.